The van der Waals surface area contributed by atoms with Crippen LogP contribution in [0.4, 0.5) is 0 Å². The van der Waals surface area contributed by atoms with E-state index in [4.69, 9.17) is 11.8 Å². The monoisotopic (exact) mass is 259 g/mol. The SMILES string of the molecule is CCC(CC)(CCC(C)c1nn[nH]n1)CNCl. The molecule has 1 rings (SSSR count). The first-order chi connectivity index (χ1) is 8.17. The highest BCUT2D eigenvalue weighted by Crippen LogP contribution is 2.34. The number of nitrogens with one attached hydrogen (secondary N) is 2. The summed E-state index contributed by atoms with van der Waals surface area (Å²) in [4.78, 5) is 2.79. The lowest BCUT2D eigenvalue weighted by molar-refractivity contribution is 0.230. The molecule has 1 unspecified atom stereocenters. The molecule has 0 saturated carbocycles. The molecule has 0 saturated heterocycles. The van der Waals surface area contributed by atoms with Crippen molar-refractivity contribution in [2.75, 3.05) is 6.54 Å². The molecule has 0 aliphatic heterocycles. The van der Waals surface area contributed by atoms with E-state index in [0.29, 0.717) is 5.92 Å². The van der Waals surface area contributed by atoms with Gasteiger partial charge < -0.3 is 0 Å². The van der Waals surface area contributed by atoms with Gasteiger partial charge in [-0.1, -0.05) is 26.0 Å². The van der Waals surface area contributed by atoms with Crippen molar-refractivity contribution in [2.45, 2.75) is 52.4 Å². The van der Waals surface area contributed by atoms with Gasteiger partial charge in [-0.15, -0.1) is 10.2 Å². The number of nitrogens with zero attached hydrogens (tertiary/aromatic N) is 3. The second-order valence-electron chi connectivity index (χ2n) is 4.73. The molecule has 0 aliphatic rings. The molecule has 0 aliphatic carbocycles. The van der Waals surface area contributed by atoms with Crippen LogP contribution in [0, 0.1) is 5.41 Å². The van der Waals surface area contributed by atoms with Crippen LogP contribution < -0.4 is 4.84 Å². The molecule has 0 radical (unpaired) electrons. The van der Waals surface area contributed by atoms with Crippen LogP contribution in [0.1, 0.15) is 58.2 Å². The van der Waals surface area contributed by atoms with E-state index in [1.807, 2.05) is 0 Å². The van der Waals surface area contributed by atoms with Crippen molar-refractivity contribution in [1.82, 2.24) is 25.5 Å². The summed E-state index contributed by atoms with van der Waals surface area (Å²) >= 11 is 5.67. The molecule has 5 nitrogen and oxygen atoms in total. The first-order valence-corrected chi connectivity index (χ1v) is 6.62. The average molecular weight is 260 g/mol. The van der Waals surface area contributed by atoms with E-state index in [1.165, 1.54) is 0 Å². The molecule has 1 aromatic rings. The van der Waals surface area contributed by atoms with Gasteiger partial charge in [-0.3, -0.25) is 0 Å². The molecule has 0 aromatic carbocycles. The van der Waals surface area contributed by atoms with Crippen LogP contribution in [-0.2, 0) is 0 Å². The number of H-pyrrole nitrogens is 1. The van der Waals surface area contributed by atoms with Gasteiger partial charge in [-0.05, 0) is 42.9 Å². The Labute approximate surface area is 108 Å². The quantitative estimate of drug-likeness (QED) is 0.705. The van der Waals surface area contributed by atoms with Gasteiger partial charge in [0.05, 0.1) is 0 Å². The van der Waals surface area contributed by atoms with Gasteiger partial charge in [-0.25, -0.2) is 4.84 Å². The normalized spacial score (nSPS) is 13.9. The van der Waals surface area contributed by atoms with E-state index in [-0.39, 0.29) is 5.41 Å². The molecule has 0 amide bonds. The molecule has 98 valence electrons. The summed E-state index contributed by atoms with van der Waals surface area (Å²) in [5.74, 6) is 1.13. The smallest absolute Gasteiger partial charge is 0.177 e. The number of rotatable bonds is 8. The van der Waals surface area contributed by atoms with Crippen molar-refractivity contribution in [3.63, 3.8) is 0 Å². The minimum atomic E-state index is 0.278. The van der Waals surface area contributed by atoms with Crippen LogP contribution >= 0.6 is 11.8 Å². The summed E-state index contributed by atoms with van der Waals surface area (Å²) in [5, 5.41) is 14.1. The molecular weight excluding hydrogens is 238 g/mol. The Kier molecular flexibility index (Phi) is 5.85. The molecule has 2 N–H and O–H groups in total. The second kappa shape index (κ2) is 6.91. The highest BCUT2D eigenvalue weighted by Gasteiger charge is 2.26. The lowest BCUT2D eigenvalue weighted by Gasteiger charge is -2.31. The maximum absolute atomic E-state index is 5.67. The fourth-order valence-electron chi connectivity index (χ4n) is 2.11. The first-order valence-electron chi connectivity index (χ1n) is 6.24. The Morgan fingerprint density at radius 2 is 2.12 bits per heavy atom. The molecule has 1 heterocycles. The number of tetrazole rings is 1. The fraction of sp³-hybridized carbons (Fsp3) is 0.909. The highest BCUT2D eigenvalue weighted by atomic mass is 35.5. The van der Waals surface area contributed by atoms with Gasteiger partial charge in [-0.2, -0.15) is 5.21 Å². The van der Waals surface area contributed by atoms with Gasteiger partial charge in [0.1, 0.15) is 0 Å². The Hall–Kier alpha value is -0.680. The molecule has 17 heavy (non-hydrogen) atoms. The standard InChI is InChI=1S/C11H22ClN5/c1-4-11(5-2,8-13-12)7-6-9(3)10-14-16-17-15-10/h9,13H,4-8H2,1-3H3,(H,14,15,16,17). The zero-order valence-corrected chi connectivity index (χ0v) is 11.6. The molecule has 0 spiro atoms. The predicted octanol–water partition coefficient (Wildman–Crippen LogP) is 2.63. The van der Waals surface area contributed by atoms with Crippen LogP contribution in [0.2, 0.25) is 0 Å². The number of halogens is 1. The maximum atomic E-state index is 5.67. The minimum absolute atomic E-state index is 0.278. The third kappa shape index (κ3) is 3.92. The molecule has 0 bridgehead atoms. The summed E-state index contributed by atoms with van der Waals surface area (Å²) in [6, 6.07) is 0. The fourth-order valence-corrected chi connectivity index (χ4v) is 2.40. The third-order valence-corrected chi connectivity index (χ3v) is 3.99. The van der Waals surface area contributed by atoms with E-state index < -0.39 is 0 Å². The molecule has 0 fully saturated rings. The summed E-state index contributed by atoms with van der Waals surface area (Å²) in [5.41, 5.74) is 0.278. The van der Waals surface area contributed by atoms with Crippen molar-refractivity contribution >= 4 is 11.8 Å². The third-order valence-electron chi connectivity index (χ3n) is 3.85. The van der Waals surface area contributed by atoms with Gasteiger partial charge in [0, 0.05) is 12.5 Å². The Bertz CT molecular complexity index is 297. The summed E-state index contributed by atoms with van der Waals surface area (Å²) in [6.45, 7) is 7.42. The van der Waals surface area contributed by atoms with Crippen LogP contribution in [0.15, 0.2) is 0 Å². The van der Waals surface area contributed by atoms with Crippen LogP contribution in [0.3, 0.4) is 0 Å². The number of hydrogen-bond acceptors (Lipinski definition) is 4. The average Bonchev–Trinajstić information content (AvgIpc) is 2.88. The lowest BCUT2D eigenvalue weighted by atomic mass is 9.77. The van der Waals surface area contributed by atoms with Crippen LogP contribution in [-0.4, -0.2) is 27.2 Å². The Morgan fingerprint density at radius 1 is 1.41 bits per heavy atom. The molecule has 1 aromatic heterocycles. The van der Waals surface area contributed by atoms with Gasteiger partial charge in [0.15, 0.2) is 5.82 Å². The second-order valence-corrected chi connectivity index (χ2v) is 4.99. The van der Waals surface area contributed by atoms with Gasteiger partial charge in [0.25, 0.3) is 0 Å². The molecule has 6 heteroatoms. The molecular formula is C11H22ClN5. The molecule has 1 atom stereocenters. The van der Waals surface area contributed by atoms with Gasteiger partial charge >= 0.3 is 0 Å². The minimum Gasteiger partial charge on any atom is -0.233 e. The number of hydrogen-bond donors (Lipinski definition) is 2. The van der Waals surface area contributed by atoms with Crippen LogP contribution in [0.25, 0.3) is 0 Å². The largest absolute Gasteiger partial charge is 0.233 e. The first kappa shape index (κ1) is 14.4. The summed E-state index contributed by atoms with van der Waals surface area (Å²) in [7, 11) is 0. The zero-order valence-electron chi connectivity index (χ0n) is 10.8. The van der Waals surface area contributed by atoms with E-state index >= 15 is 0 Å². The predicted molar refractivity (Wildman–Crippen MR) is 68.7 cm³/mol. The van der Waals surface area contributed by atoms with Crippen molar-refractivity contribution in [1.29, 1.82) is 0 Å². The summed E-state index contributed by atoms with van der Waals surface area (Å²) in [6.07, 6.45) is 4.43. The number of aromatic amines is 1. The summed E-state index contributed by atoms with van der Waals surface area (Å²) < 4.78 is 0. The lowest BCUT2D eigenvalue weighted by Crippen LogP contribution is -2.29. The Balaban J connectivity index is 2.51. The van der Waals surface area contributed by atoms with E-state index in [1.54, 1.807) is 0 Å². The van der Waals surface area contributed by atoms with E-state index in [9.17, 15) is 0 Å². The maximum Gasteiger partial charge on any atom is 0.177 e. The van der Waals surface area contributed by atoms with Gasteiger partial charge in [0.2, 0.25) is 0 Å². The van der Waals surface area contributed by atoms with Crippen LogP contribution in [0.5, 0.6) is 0 Å². The van der Waals surface area contributed by atoms with Crippen molar-refractivity contribution in [3.8, 4) is 0 Å². The van der Waals surface area contributed by atoms with Crippen molar-refractivity contribution < 1.29 is 0 Å². The Morgan fingerprint density at radius 3 is 2.59 bits per heavy atom. The highest BCUT2D eigenvalue weighted by molar-refractivity contribution is 6.13. The zero-order chi connectivity index (χ0) is 12.7. The van der Waals surface area contributed by atoms with E-state index in [0.717, 1.165) is 38.1 Å². The van der Waals surface area contributed by atoms with Crippen molar-refractivity contribution in [3.05, 3.63) is 5.82 Å². The van der Waals surface area contributed by atoms with E-state index in [2.05, 4.69) is 46.2 Å². The topological polar surface area (TPSA) is 66.5 Å². The van der Waals surface area contributed by atoms with Crippen molar-refractivity contribution in [2.24, 2.45) is 5.41 Å². The number of aromatic nitrogens is 4.